The van der Waals surface area contributed by atoms with E-state index in [1.807, 2.05) is 27.7 Å². The van der Waals surface area contributed by atoms with Crippen LogP contribution in [0.15, 0.2) is 54.0 Å². The Morgan fingerprint density at radius 2 is 1.93 bits per heavy atom. The number of carbonyl (C=O) groups is 1. The maximum atomic E-state index is 17.1. The molecule has 2 aliphatic rings. The van der Waals surface area contributed by atoms with Crippen molar-refractivity contribution < 1.29 is 18.7 Å². The van der Waals surface area contributed by atoms with Gasteiger partial charge in [0.2, 0.25) is 5.91 Å². The zero-order chi connectivity index (χ0) is 30.9. The molecule has 1 saturated heterocycles. The van der Waals surface area contributed by atoms with E-state index in [4.69, 9.17) is 11.6 Å². The molecule has 0 saturated carbocycles. The predicted molar refractivity (Wildman–Crippen MR) is 164 cm³/mol. The Balaban J connectivity index is 1.74. The number of carbonyl (C=O) groups excluding carboxylic acids is 1. The van der Waals surface area contributed by atoms with E-state index >= 15 is 8.78 Å². The van der Waals surface area contributed by atoms with Crippen molar-refractivity contribution in [3.63, 3.8) is 0 Å². The fourth-order valence-electron chi connectivity index (χ4n) is 6.65. The number of aromatic nitrogens is 2. The molecule has 4 heterocycles. The number of benzene rings is 2. The first-order valence-corrected chi connectivity index (χ1v) is 14.6. The van der Waals surface area contributed by atoms with Crippen LogP contribution in [0.2, 0.25) is 5.02 Å². The van der Waals surface area contributed by atoms with Crippen molar-refractivity contribution in [2.75, 3.05) is 18.0 Å². The summed E-state index contributed by atoms with van der Waals surface area (Å²) in [5.74, 6) is -2.57. The lowest BCUT2D eigenvalue weighted by atomic mass is 9.97. The van der Waals surface area contributed by atoms with Gasteiger partial charge in [0.15, 0.2) is 5.82 Å². The first-order valence-electron chi connectivity index (χ1n) is 14.2. The Hall–Kier alpha value is -4.24. The molecule has 2 aromatic heterocycles. The van der Waals surface area contributed by atoms with Gasteiger partial charge in [-0.1, -0.05) is 38.1 Å². The first-order chi connectivity index (χ1) is 20.5. The van der Waals surface area contributed by atoms with E-state index < -0.39 is 22.9 Å². The van der Waals surface area contributed by atoms with E-state index in [0.29, 0.717) is 53.1 Å². The van der Waals surface area contributed by atoms with Gasteiger partial charge in [0.05, 0.1) is 39.2 Å². The summed E-state index contributed by atoms with van der Waals surface area (Å²) < 4.78 is 33.6. The van der Waals surface area contributed by atoms with Crippen molar-refractivity contribution >= 4 is 34.1 Å². The number of anilines is 1. The number of aromatic hydroxyl groups is 1. The predicted octanol–water partition coefficient (Wildman–Crippen LogP) is 6.27. The molecule has 6 rings (SSSR count). The smallest absolute Gasteiger partial charge is 0.261 e. The molecule has 2 unspecified atom stereocenters. The summed E-state index contributed by atoms with van der Waals surface area (Å²) in [6, 6.07) is 6.57. The first kappa shape index (κ1) is 28.9. The van der Waals surface area contributed by atoms with Crippen LogP contribution in [0.3, 0.4) is 0 Å². The number of fused-ring (bicyclic) bond motifs is 5. The summed E-state index contributed by atoms with van der Waals surface area (Å²) in [5.41, 5.74) is 1.55. The van der Waals surface area contributed by atoms with Crippen molar-refractivity contribution in [3.8, 4) is 22.6 Å². The lowest BCUT2D eigenvalue weighted by Crippen LogP contribution is -2.57. The van der Waals surface area contributed by atoms with Gasteiger partial charge >= 0.3 is 0 Å². The average molecular weight is 605 g/mol. The van der Waals surface area contributed by atoms with Gasteiger partial charge in [-0.05, 0) is 55.7 Å². The number of rotatable bonds is 4. The Kier molecular flexibility index (Phi) is 7.04. The van der Waals surface area contributed by atoms with Gasteiger partial charge in [0.25, 0.3) is 5.56 Å². The molecule has 0 bridgehead atoms. The molecule has 0 aliphatic carbocycles. The summed E-state index contributed by atoms with van der Waals surface area (Å²) in [5, 5.41) is 10.9. The van der Waals surface area contributed by atoms with Crippen molar-refractivity contribution in [2.24, 2.45) is 0 Å². The van der Waals surface area contributed by atoms with E-state index in [1.165, 1.54) is 22.8 Å². The number of halogens is 3. The monoisotopic (exact) mass is 604 g/mol. The van der Waals surface area contributed by atoms with Crippen molar-refractivity contribution in [2.45, 2.75) is 52.1 Å². The van der Waals surface area contributed by atoms with Gasteiger partial charge in [0.1, 0.15) is 11.6 Å². The minimum absolute atomic E-state index is 0.0818. The van der Waals surface area contributed by atoms with E-state index in [2.05, 4.69) is 16.5 Å². The molecule has 1 N–H and O–H groups in total. The standard InChI is InChI=1S/C33H31ClF2N4O3/c1-6-25(42)38-15-19-12-21-31(39(19)14-18(38)5)20-13-22(34)26(27-23(35)8-7-9-24(27)41)28(36)32(20)40(33(21)43)30-17(4)10-11-37-29(30)16(2)3/h6-11,13,16,18-19,41H,1,12,14-15H2,2-5H3. The zero-order valence-electron chi connectivity index (χ0n) is 24.3. The number of amides is 1. The Morgan fingerprint density at radius 3 is 2.60 bits per heavy atom. The maximum Gasteiger partial charge on any atom is 0.261 e. The van der Waals surface area contributed by atoms with Crippen LogP contribution >= 0.6 is 11.6 Å². The van der Waals surface area contributed by atoms with Gasteiger partial charge in [0, 0.05) is 48.3 Å². The van der Waals surface area contributed by atoms with Crippen molar-refractivity contribution in [3.05, 3.63) is 93.0 Å². The molecule has 1 fully saturated rings. The molecule has 0 radical (unpaired) electrons. The fraction of sp³-hybridized carbons (Fsp3) is 0.303. The van der Waals surface area contributed by atoms with Crippen LogP contribution in [0.25, 0.3) is 27.7 Å². The number of aryl methyl sites for hydroxylation is 1. The third-order valence-corrected chi connectivity index (χ3v) is 8.91. The molecule has 0 spiro atoms. The summed E-state index contributed by atoms with van der Waals surface area (Å²) in [6.07, 6.45) is 3.27. The van der Waals surface area contributed by atoms with Gasteiger partial charge in [-0.2, -0.15) is 0 Å². The second-order valence-electron chi connectivity index (χ2n) is 11.6. The molecular formula is C33H31ClF2N4O3. The number of nitrogens with zero attached hydrogens (tertiary/aromatic N) is 4. The number of pyridine rings is 2. The minimum Gasteiger partial charge on any atom is -0.507 e. The molecule has 10 heteroatoms. The number of phenolic OH excluding ortho intramolecular Hbond substituents is 1. The SMILES string of the molecule is C=CC(=O)N1CC2Cc3c(c4cc(Cl)c(-c5c(O)cccc5F)c(F)c4n(-c4c(C)ccnc4C(C)C)c3=O)N2CC1C. The zero-order valence-corrected chi connectivity index (χ0v) is 25.0. The van der Waals surface area contributed by atoms with Gasteiger partial charge < -0.3 is 14.9 Å². The van der Waals surface area contributed by atoms with Crippen molar-refractivity contribution in [1.82, 2.24) is 14.5 Å². The highest BCUT2D eigenvalue weighted by molar-refractivity contribution is 6.34. The van der Waals surface area contributed by atoms with Crippen molar-refractivity contribution in [1.29, 1.82) is 0 Å². The second-order valence-corrected chi connectivity index (χ2v) is 12.0. The van der Waals surface area contributed by atoms with Crippen LogP contribution in [-0.4, -0.2) is 50.6 Å². The lowest BCUT2D eigenvalue weighted by Gasteiger charge is -2.43. The molecule has 7 nitrogen and oxygen atoms in total. The Labute approximate surface area is 252 Å². The number of piperazine rings is 1. The largest absolute Gasteiger partial charge is 0.507 e. The summed E-state index contributed by atoms with van der Waals surface area (Å²) in [6.45, 7) is 12.0. The minimum atomic E-state index is -0.933. The molecule has 2 aromatic carbocycles. The molecule has 4 aromatic rings. The maximum absolute atomic E-state index is 17.1. The summed E-state index contributed by atoms with van der Waals surface area (Å²) in [7, 11) is 0. The highest BCUT2D eigenvalue weighted by Gasteiger charge is 2.42. The lowest BCUT2D eigenvalue weighted by molar-refractivity contribution is -0.128. The van der Waals surface area contributed by atoms with E-state index in [1.54, 1.807) is 23.2 Å². The topological polar surface area (TPSA) is 78.7 Å². The van der Waals surface area contributed by atoms with E-state index in [0.717, 1.165) is 6.07 Å². The quantitative estimate of drug-likeness (QED) is 0.278. The van der Waals surface area contributed by atoms with Gasteiger partial charge in [-0.15, -0.1) is 0 Å². The van der Waals surface area contributed by atoms with Crippen LogP contribution in [0.1, 0.15) is 43.5 Å². The second kappa shape index (κ2) is 10.5. The molecular weight excluding hydrogens is 574 g/mol. The Bertz CT molecular complexity index is 1880. The van der Waals surface area contributed by atoms with Gasteiger partial charge in [-0.3, -0.25) is 19.1 Å². The van der Waals surface area contributed by atoms with Crippen LogP contribution in [0.4, 0.5) is 14.5 Å². The average Bonchev–Trinajstić information content (AvgIpc) is 3.33. The third kappa shape index (κ3) is 4.32. The number of hydrogen-bond donors (Lipinski definition) is 1. The van der Waals surface area contributed by atoms with Crippen LogP contribution in [0.5, 0.6) is 5.75 Å². The van der Waals surface area contributed by atoms with E-state index in [-0.39, 0.29) is 45.6 Å². The Morgan fingerprint density at radius 1 is 1.19 bits per heavy atom. The normalized spacial score (nSPS) is 17.9. The molecule has 1 amide bonds. The van der Waals surface area contributed by atoms with Gasteiger partial charge in [-0.25, -0.2) is 8.78 Å². The number of phenols is 1. The molecule has 2 atom stereocenters. The highest BCUT2D eigenvalue weighted by Crippen LogP contribution is 2.46. The molecule has 222 valence electrons. The summed E-state index contributed by atoms with van der Waals surface area (Å²) in [4.78, 5) is 35.6. The highest BCUT2D eigenvalue weighted by atomic mass is 35.5. The summed E-state index contributed by atoms with van der Waals surface area (Å²) >= 11 is 6.73. The third-order valence-electron chi connectivity index (χ3n) is 8.61. The fourth-order valence-corrected chi connectivity index (χ4v) is 6.94. The van der Waals surface area contributed by atoms with Crippen LogP contribution in [0, 0.1) is 18.6 Å². The molecule has 2 aliphatic heterocycles. The van der Waals surface area contributed by atoms with Crippen LogP contribution < -0.4 is 10.5 Å². The number of hydrogen-bond acceptors (Lipinski definition) is 5. The van der Waals surface area contributed by atoms with Crippen LogP contribution in [-0.2, 0) is 11.2 Å². The van der Waals surface area contributed by atoms with E-state index in [9.17, 15) is 14.7 Å². The molecule has 43 heavy (non-hydrogen) atoms.